The number of carbonyl (C=O) groups is 2. The zero-order valence-electron chi connectivity index (χ0n) is 18.4. The fourth-order valence-electron chi connectivity index (χ4n) is 2.89. The van der Waals surface area contributed by atoms with Crippen LogP contribution in [0.4, 0.5) is 5.69 Å². The van der Waals surface area contributed by atoms with Crippen LogP contribution in [0.15, 0.2) is 65.8 Å². The van der Waals surface area contributed by atoms with Crippen molar-refractivity contribution in [2.45, 2.75) is 27.4 Å². The van der Waals surface area contributed by atoms with Crippen molar-refractivity contribution < 1.29 is 14.3 Å². The van der Waals surface area contributed by atoms with Crippen molar-refractivity contribution in [2.75, 3.05) is 5.32 Å². The molecule has 0 spiro atoms. The van der Waals surface area contributed by atoms with Gasteiger partial charge in [-0.3, -0.25) is 9.59 Å². The molecule has 0 aliphatic carbocycles. The Kier molecular flexibility index (Phi) is 8.09. The predicted octanol–water partition coefficient (Wildman–Crippen LogP) is 5.67. The van der Waals surface area contributed by atoms with Gasteiger partial charge in [-0.05, 0) is 79.9 Å². The molecule has 0 aliphatic rings. The van der Waals surface area contributed by atoms with Crippen LogP contribution in [0.25, 0.3) is 0 Å². The molecule has 0 radical (unpaired) electrons. The Balaban J connectivity index is 1.56. The first-order valence-electron chi connectivity index (χ1n) is 10.1. The summed E-state index contributed by atoms with van der Waals surface area (Å²) in [6.07, 6.45) is 0. The van der Waals surface area contributed by atoms with E-state index in [1.807, 2.05) is 32.0 Å². The van der Waals surface area contributed by atoms with Gasteiger partial charge in [0.1, 0.15) is 12.4 Å². The lowest BCUT2D eigenvalue weighted by Crippen LogP contribution is -2.33. The smallest absolute Gasteiger partial charge is 0.329 e. The van der Waals surface area contributed by atoms with Gasteiger partial charge in [0.25, 0.3) is 0 Å². The molecule has 0 fully saturated rings. The van der Waals surface area contributed by atoms with Crippen LogP contribution in [0.3, 0.4) is 0 Å². The molecule has 3 aromatic carbocycles. The third-order valence-corrected chi connectivity index (χ3v) is 5.44. The number of benzene rings is 3. The van der Waals surface area contributed by atoms with E-state index in [0.717, 1.165) is 22.3 Å². The SMILES string of the molecule is CC(=NNC(=O)C(=O)Nc1cc(C)ccc1C)c1ccc(OCc2ccc(Cl)cc2Cl)cc1. The van der Waals surface area contributed by atoms with Crippen molar-refractivity contribution >= 4 is 46.4 Å². The maximum atomic E-state index is 12.2. The second-order valence-corrected chi connectivity index (χ2v) is 8.30. The number of aryl methyl sites for hydroxylation is 2. The Labute approximate surface area is 202 Å². The normalized spacial score (nSPS) is 11.1. The molecule has 8 heteroatoms. The molecule has 0 aliphatic heterocycles. The summed E-state index contributed by atoms with van der Waals surface area (Å²) in [5.74, 6) is -0.991. The van der Waals surface area contributed by atoms with Gasteiger partial charge in [-0.25, -0.2) is 5.43 Å². The number of rotatable bonds is 6. The van der Waals surface area contributed by atoms with E-state index in [4.69, 9.17) is 27.9 Å². The van der Waals surface area contributed by atoms with Gasteiger partial charge in [-0.1, -0.05) is 41.4 Å². The van der Waals surface area contributed by atoms with Crippen molar-refractivity contribution in [3.63, 3.8) is 0 Å². The van der Waals surface area contributed by atoms with Crippen LogP contribution in [-0.2, 0) is 16.2 Å². The number of nitrogens with one attached hydrogen (secondary N) is 2. The van der Waals surface area contributed by atoms with E-state index in [1.54, 1.807) is 49.4 Å². The molecule has 0 heterocycles. The van der Waals surface area contributed by atoms with Crippen LogP contribution in [0.2, 0.25) is 10.0 Å². The van der Waals surface area contributed by atoms with E-state index in [1.165, 1.54) is 0 Å². The third-order valence-electron chi connectivity index (χ3n) is 4.85. The molecule has 2 amide bonds. The monoisotopic (exact) mass is 483 g/mol. The van der Waals surface area contributed by atoms with Crippen LogP contribution < -0.4 is 15.5 Å². The highest BCUT2D eigenvalue weighted by Crippen LogP contribution is 2.23. The van der Waals surface area contributed by atoms with Crippen LogP contribution in [0, 0.1) is 13.8 Å². The van der Waals surface area contributed by atoms with Gasteiger partial charge >= 0.3 is 11.8 Å². The van der Waals surface area contributed by atoms with E-state index in [-0.39, 0.29) is 0 Å². The van der Waals surface area contributed by atoms with Crippen molar-refractivity contribution in [3.8, 4) is 5.75 Å². The van der Waals surface area contributed by atoms with Crippen molar-refractivity contribution in [1.82, 2.24) is 5.43 Å². The van der Waals surface area contributed by atoms with Crippen LogP contribution in [0.5, 0.6) is 5.75 Å². The average molecular weight is 484 g/mol. The molecule has 6 nitrogen and oxygen atoms in total. The Morgan fingerprint density at radius 3 is 2.36 bits per heavy atom. The van der Waals surface area contributed by atoms with Crippen molar-refractivity contribution in [2.24, 2.45) is 5.10 Å². The number of hydrogen-bond donors (Lipinski definition) is 2. The van der Waals surface area contributed by atoms with E-state index in [2.05, 4.69) is 15.8 Å². The van der Waals surface area contributed by atoms with Crippen LogP contribution in [0.1, 0.15) is 29.2 Å². The summed E-state index contributed by atoms with van der Waals surface area (Å²) >= 11 is 12.1. The number of amides is 2. The van der Waals surface area contributed by atoms with Crippen molar-refractivity contribution in [1.29, 1.82) is 0 Å². The summed E-state index contributed by atoms with van der Waals surface area (Å²) in [6.45, 7) is 5.79. The minimum absolute atomic E-state index is 0.300. The third kappa shape index (κ3) is 6.81. The standard InChI is InChI=1S/C25H23Cl2N3O3/c1-15-4-5-16(2)23(12-15)28-24(31)25(32)30-29-17(3)18-7-10-21(11-8-18)33-14-19-6-9-20(26)13-22(19)27/h4-13H,14H2,1-3H3,(H,28,31)(H,30,32). The number of hydrogen-bond acceptors (Lipinski definition) is 4. The molecular formula is C25H23Cl2N3O3. The molecule has 0 aromatic heterocycles. The molecular weight excluding hydrogens is 461 g/mol. The number of halogens is 2. The molecule has 0 unspecified atom stereocenters. The first kappa shape index (κ1) is 24.3. The largest absolute Gasteiger partial charge is 0.489 e. The topological polar surface area (TPSA) is 79.8 Å². The molecule has 33 heavy (non-hydrogen) atoms. The zero-order valence-corrected chi connectivity index (χ0v) is 19.9. The molecule has 2 N–H and O–H groups in total. The fraction of sp³-hybridized carbons (Fsp3) is 0.160. The first-order valence-corrected chi connectivity index (χ1v) is 10.9. The molecule has 0 saturated carbocycles. The summed E-state index contributed by atoms with van der Waals surface area (Å²) < 4.78 is 5.76. The lowest BCUT2D eigenvalue weighted by Gasteiger charge is -2.09. The van der Waals surface area contributed by atoms with Gasteiger partial charge in [0.2, 0.25) is 0 Å². The molecule has 0 saturated heterocycles. The maximum Gasteiger partial charge on any atom is 0.329 e. The van der Waals surface area contributed by atoms with Gasteiger partial charge in [0, 0.05) is 21.3 Å². The summed E-state index contributed by atoms with van der Waals surface area (Å²) in [7, 11) is 0. The van der Waals surface area contributed by atoms with E-state index in [0.29, 0.717) is 33.8 Å². The summed E-state index contributed by atoms with van der Waals surface area (Å²) in [5.41, 5.74) is 6.85. The Morgan fingerprint density at radius 2 is 1.67 bits per heavy atom. The second-order valence-electron chi connectivity index (χ2n) is 7.46. The highest BCUT2D eigenvalue weighted by atomic mass is 35.5. The van der Waals surface area contributed by atoms with E-state index in [9.17, 15) is 9.59 Å². The highest BCUT2D eigenvalue weighted by Gasteiger charge is 2.14. The molecule has 170 valence electrons. The fourth-order valence-corrected chi connectivity index (χ4v) is 3.35. The maximum absolute atomic E-state index is 12.2. The first-order chi connectivity index (χ1) is 15.7. The Bertz CT molecular complexity index is 1210. The number of anilines is 1. The minimum Gasteiger partial charge on any atom is -0.489 e. The zero-order chi connectivity index (χ0) is 24.0. The van der Waals surface area contributed by atoms with Gasteiger partial charge < -0.3 is 10.1 Å². The number of nitrogens with zero attached hydrogens (tertiary/aromatic N) is 1. The average Bonchev–Trinajstić information content (AvgIpc) is 2.79. The van der Waals surface area contributed by atoms with Gasteiger partial charge in [0.05, 0.1) is 5.71 Å². The minimum atomic E-state index is -0.852. The van der Waals surface area contributed by atoms with Gasteiger partial charge in [-0.15, -0.1) is 0 Å². The quantitative estimate of drug-likeness (QED) is 0.269. The van der Waals surface area contributed by atoms with Crippen LogP contribution in [-0.4, -0.2) is 17.5 Å². The number of carbonyl (C=O) groups excluding carboxylic acids is 2. The van der Waals surface area contributed by atoms with E-state index < -0.39 is 11.8 Å². The number of ether oxygens (including phenoxy) is 1. The Morgan fingerprint density at radius 1 is 0.939 bits per heavy atom. The second kappa shape index (κ2) is 11.0. The Hall–Kier alpha value is -3.35. The highest BCUT2D eigenvalue weighted by molar-refractivity contribution is 6.39. The van der Waals surface area contributed by atoms with Crippen LogP contribution >= 0.6 is 23.2 Å². The summed E-state index contributed by atoms with van der Waals surface area (Å²) in [6, 6.07) is 18.0. The van der Waals surface area contributed by atoms with Gasteiger partial charge in [0.15, 0.2) is 0 Å². The van der Waals surface area contributed by atoms with Crippen molar-refractivity contribution in [3.05, 3.63) is 93.0 Å². The molecule has 3 aromatic rings. The lowest BCUT2D eigenvalue weighted by atomic mass is 10.1. The number of hydrazone groups is 1. The molecule has 0 bridgehead atoms. The lowest BCUT2D eigenvalue weighted by molar-refractivity contribution is -0.136. The molecule has 0 atom stereocenters. The molecule has 3 rings (SSSR count). The van der Waals surface area contributed by atoms with E-state index >= 15 is 0 Å². The summed E-state index contributed by atoms with van der Waals surface area (Å²) in [5, 5.41) is 7.74. The predicted molar refractivity (Wildman–Crippen MR) is 132 cm³/mol. The summed E-state index contributed by atoms with van der Waals surface area (Å²) in [4.78, 5) is 24.3. The van der Waals surface area contributed by atoms with Gasteiger partial charge in [-0.2, -0.15) is 5.10 Å².